The molecule has 9 heteroatoms. The topological polar surface area (TPSA) is 75.0 Å². The second kappa shape index (κ2) is 8.67. The van der Waals surface area contributed by atoms with Crippen LogP contribution in [0.15, 0.2) is 47.2 Å². The van der Waals surface area contributed by atoms with Crippen LogP contribution >= 0.6 is 35.3 Å². The average molecular weight is 483 g/mol. The number of guanidine groups is 1. The number of pyridine rings is 1. The Bertz CT molecular complexity index is 820. The molecule has 0 saturated carbocycles. The van der Waals surface area contributed by atoms with Crippen LogP contribution in [-0.2, 0) is 6.42 Å². The fourth-order valence-electron chi connectivity index (χ4n) is 2.99. The first-order valence-corrected chi connectivity index (χ1v) is 9.29. The molecule has 138 valence electrons. The van der Waals surface area contributed by atoms with Gasteiger partial charge in [-0.3, -0.25) is 4.99 Å². The van der Waals surface area contributed by atoms with Gasteiger partial charge in [-0.05, 0) is 12.1 Å². The predicted molar refractivity (Wildman–Crippen MR) is 117 cm³/mol. The highest BCUT2D eigenvalue weighted by Crippen LogP contribution is 2.18. The molecule has 1 aliphatic rings. The minimum Gasteiger partial charge on any atom is -0.370 e. The minimum atomic E-state index is 0. The molecule has 1 aliphatic heterocycles. The van der Waals surface area contributed by atoms with Gasteiger partial charge in [0.15, 0.2) is 11.1 Å². The van der Waals surface area contributed by atoms with Crippen molar-refractivity contribution < 1.29 is 0 Å². The van der Waals surface area contributed by atoms with Gasteiger partial charge in [0.05, 0.1) is 5.69 Å². The number of anilines is 1. The lowest BCUT2D eigenvalue weighted by Gasteiger charge is -2.35. The van der Waals surface area contributed by atoms with E-state index in [0.717, 1.165) is 49.1 Å². The second-order valence-corrected chi connectivity index (χ2v) is 6.85. The van der Waals surface area contributed by atoms with E-state index in [1.54, 1.807) is 11.3 Å². The monoisotopic (exact) mass is 483 g/mol. The number of nitrogens with zero attached hydrogens (tertiary/aromatic N) is 6. The molecular weight excluding hydrogens is 461 g/mol. The van der Waals surface area contributed by atoms with E-state index in [0.29, 0.717) is 12.5 Å². The molecule has 0 amide bonds. The molecule has 3 aromatic rings. The van der Waals surface area contributed by atoms with E-state index in [4.69, 9.17) is 5.73 Å². The number of aromatic nitrogens is 3. The second-order valence-electron chi connectivity index (χ2n) is 5.98. The van der Waals surface area contributed by atoms with Crippen molar-refractivity contribution in [3.8, 4) is 0 Å². The zero-order valence-corrected chi connectivity index (χ0v) is 17.5. The number of aliphatic imine (C=N–C) groups is 1. The summed E-state index contributed by atoms with van der Waals surface area (Å²) in [4.78, 5) is 17.9. The lowest BCUT2D eigenvalue weighted by atomic mass is 10.3. The molecule has 26 heavy (non-hydrogen) atoms. The van der Waals surface area contributed by atoms with Crippen molar-refractivity contribution in [1.29, 1.82) is 0 Å². The first kappa shape index (κ1) is 18.9. The Hall–Kier alpha value is -1.88. The van der Waals surface area contributed by atoms with Crippen LogP contribution in [-0.4, -0.2) is 58.0 Å². The SMILES string of the molecule is I.NC(=NCCc1cn2ccccc2n1)N1CCN(c2nccs2)CC1. The highest BCUT2D eigenvalue weighted by atomic mass is 127. The maximum atomic E-state index is 6.17. The van der Waals surface area contributed by atoms with Crippen molar-refractivity contribution in [3.05, 3.63) is 47.9 Å². The van der Waals surface area contributed by atoms with Gasteiger partial charge in [0.2, 0.25) is 0 Å². The van der Waals surface area contributed by atoms with Gasteiger partial charge in [-0.2, -0.15) is 0 Å². The van der Waals surface area contributed by atoms with Crippen molar-refractivity contribution in [1.82, 2.24) is 19.3 Å². The minimum absolute atomic E-state index is 0. The van der Waals surface area contributed by atoms with E-state index in [-0.39, 0.29) is 24.0 Å². The molecule has 0 aliphatic carbocycles. The van der Waals surface area contributed by atoms with Crippen molar-refractivity contribution in [2.75, 3.05) is 37.6 Å². The van der Waals surface area contributed by atoms with E-state index in [9.17, 15) is 0 Å². The highest BCUT2D eigenvalue weighted by Gasteiger charge is 2.19. The summed E-state index contributed by atoms with van der Waals surface area (Å²) in [6, 6.07) is 6.00. The fourth-order valence-corrected chi connectivity index (χ4v) is 3.69. The van der Waals surface area contributed by atoms with Crippen LogP contribution in [0.25, 0.3) is 5.65 Å². The summed E-state index contributed by atoms with van der Waals surface area (Å²) >= 11 is 1.68. The molecular formula is C17H22IN7S. The van der Waals surface area contributed by atoms with Crippen LogP contribution in [0.1, 0.15) is 5.69 Å². The smallest absolute Gasteiger partial charge is 0.191 e. The molecule has 0 spiro atoms. The van der Waals surface area contributed by atoms with Gasteiger partial charge in [0, 0.05) is 63.1 Å². The zero-order valence-electron chi connectivity index (χ0n) is 14.4. The third kappa shape index (κ3) is 4.26. The summed E-state index contributed by atoms with van der Waals surface area (Å²) in [5.41, 5.74) is 8.17. The maximum absolute atomic E-state index is 6.17. The van der Waals surface area contributed by atoms with Gasteiger partial charge in [-0.1, -0.05) is 6.07 Å². The summed E-state index contributed by atoms with van der Waals surface area (Å²) in [5, 5.41) is 3.10. The standard InChI is InChI=1S/C17H21N7S.HI/c18-16(22-8-10-23(11-9-22)17-20-6-12-25-17)19-5-4-14-13-24-7-2-1-3-15(24)21-14;/h1-3,6-7,12-13H,4-5,8-11H2,(H2,18,19);1H. The Morgan fingerprint density at radius 1 is 1.23 bits per heavy atom. The molecule has 4 heterocycles. The Labute approximate surface area is 173 Å². The Balaban J connectivity index is 0.00000196. The number of fused-ring (bicyclic) bond motifs is 1. The molecule has 0 unspecified atom stereocenters. The normalized spacial score (nSPS) is 15.3. The van der Waals surface area contributed by atoms with Gasteiger partial charge in [0.1, 0.15) is 5.65 Å². The van der Waals surface area contributed by atoms with E-state index >= 15 is 0 Å². The first-order valence-electron chi connectivity index (χ1n) is 8.41. The predicted octanol–water partition coefficient (Wildman–Crippen LogP) is 2.09. The largest absolute Gasteiger partial charge is 0.370 e. The van der Waals surface area contributed by atoms with Crippen molar-refractivity contribution in [2.24, 2.45) is 10.7 Å². The molecule has 1 saturated heterocycles. The summed E-state index contributed by atoms with van der Waals surface area (Å²) < 4.78 is 2.03. The summed E-state index contributed by atoms with van der Waals surface area (Å²) in [6.07, 6.45) is 6.70. The van der Waals surface area contributed by atoms with Crippen molar-refractivity contribution in [3.63, 3.8) is 0 Å². The van der Waals surface area contributed by atoms with Gasteiger partial charge < -0.3 is 19.9 Å². The van der Waals surface area contributed by atoms with Crippen LogP contribution in [0.5, 0.6) is 0 Å². The molecule has 0 bridgehead atoms. The Morgan fingerprint density at radius 2 is 2.08 bits per heavy atom. The molecule has 2 N–H and O–H groups in total. The van der Waals surface area contributed by atoms with Gasteiger partial charge >= 0.3 is 0 Å². The first-order chi connectivity index (χ1) is 12.3. The molecule has 0 aromatic carbocycles. The average Bonchev–Trinajstić information content (AvgIpc) is 3.31. The number of imidazole rings is 1. The Kier molecular flexibility index (Phi) is 6.30. The van der Waals surface area contributed by atoms with Crippen molar-refractivity contribution >= 4 is 52.1 Å². The van der Waals surface area contributed by atoms with E-state index in [1.807, 2.05) is 46.6 Å². The van der Waals surface area contributed by atoms with Crippen LogP contribution < -0.4 is 10.6 Å². The maximum Gasteiger partial charge on any atom is 0.191 e. The molecule has 0 atom stereocenters. The van der Waals surface area contributed by atoms with Crippen molar-refractivity contribution in [2.45, 2.75) is 6.42 Å². The van der Waals surface area contributed by atoms with E-state index < -0.39 is 0 Å². The van der Waals surface area contributed by atoms with Crippen LogP contribution in [0.4, 0.5) is 5.13 Å². The summed E-state index contributed by atoms with van der Waals surface area (Å²) in [6.45, 7) is 4.27. The Morgan fingerprint density at radius 3 is 2.81 bits per heavy atom. The van der Waals surface area contributed by atoms with Crippen LogP contribution in [0.3, 0.4) is 0 Å². The molecule has 1 fully saturated rings. The van der Waals surface area contributed by atoms with Gasteiger partial charge in [-0.15, -0.1) is 35.3 Å². The number of rotatable bonds is 4. The fraction of sp³-hybridized carbons (Fsp3) is 0.353. The molecule has 0 radical (unpaired) electrons. The van der Waals surface area contributed by atoms with Gasteiger partial charge in [-0.25, -0.2) is 9.97 Å². The van der Waals surface area contributed by atoms with Crippen LogP contribution in [0.2, 0.25) is 0 Å². The molecule has 7 nitrogen and oxygen atoms in total. The number of hydrogen-bond donors (Lipinski definition) is 1. The molecule has 3 aromatic heterocycles. The lowest BCUT2D eigenvalue weighted by molar-refractivity contribution is 0.380. The number of halogens is 1. The summed E-state index contributed by atoms with van der Waals surface area (Å²) in [5.74, 6) is 0.627. The quantitative estimate of drug-likeness (QED) is 0.350. The van der Waals surface area contributed by atoms with E-state index in [2.05, 4.69) is 24.8 Å². The third-order valence-electron chi connectivity index (χ3n) is 4.35. The van der Waals surface area contributed by atoms with E-state index in [1.165, 1.54) is 0 Å². The highest BCUT2D eigenvalue weighted by molar-refractivity contribution is 14.0. The lowest BCUT2D eigenvalue weighted by Crippen LogP contribution is -2.51. The van der Waals surface area contributed by atoms with Crippen LogP contribution in [0, 0.1) is 0 Å². The number of hydrogen-bond acceptors (Lipinski definition) is 5. The molecule has 4 rings (SSSR count). The number of nitrogens with two attached hydrogens (primary N) is 1. The third-order valence-corrected chi connectivity index (χ3v) is 5.18. The zero-order chi connectivity index (χ0) is 17.1. The number of piperazine rings is 1. The summed E-state index contributed by atoms with van der Waals surface area (Å²) in [7, 11) is 0. The number of thiazole rings is 1. The van der Waals surface area contributed by atoms with Gasteiger partial charge in [0.25, 0.3) is 0 Å².